The lowest BCUT2D eigenvalue weighted by atomic mass is 10.0. The van der Waals surface area contributed by atoms with Crippen molar-refractivity contribution in [2.45, 2.75) is 26.7 Å². The maximum Gasteiger partial charge on any atom is 0.341 e. The Morgan fingerprint density at radius 3 is 2.72 bits per heavy atom. The minimum absolute atomic E-state index is 0.149. The molecule has 0 fully saturated rings. The number of rotatable bonds is 7. The van der Waals surface area contributed by atoms with Gasteiger partial charge in [0.1, 0.15) is 11.4 Å². The predicted octanol–water partition coefficient (Wildman–Crippen LogP) is 1.25. The third kappa shape index (κ3) is 3.22. The van der Waals surface area contributed by atoms with Crippen molar-refractivity contribution in [1.82, 2.24) is 9.78 Å². The molecule has 6 heteroatoms. The molecule has 0 saturated carbocycles. The smallest absolute Gasteiger partial charge is 0.341 e. The number of nitrogens with zero attached hydrogens (tertiary/aromatic N) is 2. The first kappa shape index (κ1) is 14.5. The summed E-state index contributed by atoms with van der Waals surface area (Å²) in [6, 6.07) is 0. The Labute approximate surface area is 107 Å². The summed E-state index contributed by atoms with van der Waals surface area (Å²) in [6.45, 7) is 4.51. The molecule has 0 aromatic carbocycles. The Morgan fingerprint density at radius 2 is 2.22 bits per heavy atom. The van der Waals surface area contributed by atoms with E-state index in [0.717, 1.165) is 6.42 Å². The van der Waals surface area contributed by atoms with Gasteiger partial charge in [-0.2, -0.15) is 5.10 Å². The number of aromatic nitrogens is 2. The molecular formula is C12H21N3O3. The Morgan fingerprint density at radius 1 is 1.56 bits per heavy atom. The van der Waals surface area contributed by atoms with Gasteiger partial charge >= 0.3 is 5.97 Å². The van der Waals surface area contributed by atoms with Gasteiger partial charge in [-0.1, -0.05) is 13.3 Å². The Kier molecular flexibility index (Phi) is 5.15. The molecule has 0 spiro atoms. The van der Waals surface area contributed by atoms with Crippen molar-refractivity contribution in [2.75, 3.05) is 18.5 Å². The minimum atomic E-state index is -0.974. The Balaban J connectivity index is 2.81. The fraction of sp³-hybridized carbons (Fsp3) is 0.667. The van der Waals surface area contributed by atoms with Crippen LogP contribution in [0.5, 0.6) is 0 Å². The number of hydrogen-bond acceptors (Lipinski definition) is 4. The summed E-state index contributed by atoms with van der Waals surface area (Å²) < 4.78 is 1.55. The fourth-order valence-corrected chi connectivity index (χ4v) is 1.99. The van der Waals surface area contributed by atoms with E-state index in [1.165, 1.54) is 0 Å². The number of anilines is 1. The fourth-order valence-electron chi connectivity index (χ4n) is 1.99. The minimum Gasteiger partial charge on any atom is -0.477 e. The quantitative estimate of drug-likeness (QED) is 0.682. The van der Waals surface area contributed by atoms with E-state index in [1.807, 2.05) is 0 Å². The van der Waals surface area contributed by atoms with Crippen molar-refractivity contribution in [1.29, 1.82) is 0 Å². The number of aliphatic hydroxyl groups is 1. The van der Waals surface area contributed by atoms with Gasteiger partial charge in [0.25, 0.3) is 0 Å². The summed E-state index contributed by atoms with van der Waals surface area (Å²) in [5, 5.41) is 25.3. The Hall–Kier alpha value is -1.56. The molecule has 0 aliphatic carbocycles. The maximum absolute atomic E-state index is 11.2. The number of aliphatic hydroxyl groups excluding tert-OH is 1. The molecule has 1 unspecified atom stereocenters. The van der Waals surface area contributed by atoms with Gasteiger partial charge in [-0.3, -0.25) is 4.68 Å². The second-order valence-corrected chi connectivity index (χ2v) is 4.41. The summed E-state index contributed by atoms with van der Waals surface area (Å²) in [4.78, 5) is 11.2. The standard InChI is InChI=1S/C12H21N3O3/c1-4-9(5-6-16)7-13-11-10(12(17)18)8(2)14-15(11)3/h9,13,16H,4-7H2,1-3H3,(H,17,18). The predicted molar refractivity (Wildman–Crippen MR) is 68.9 cm³/mol. The molecular weight excluding hydrogens is 234 g/mol. The zero-order chi connectivity index (χ0) is 13.7. The number of hydrogen-bond donors (Lipinski definition) is 3. The molecule has 0 aliphatic heterocycles. The Bertz CT molecular complexity index is 415. The highest BCUT2D eigenvalue weighted by Gasteiger charge is 2.19. The average molecular weight is 255 g/mol. The van der Waals surface area contributed by atoms with Crippen LogP contribution < -0.4 is 5.32 Å². The second kappa shape index (κ2) is 6.39. The van der Waals surface area contributed by atoms with Crippen LogP contribution in [-0.4, -0.2) is 39.1 Å². The first-order chi connectivity index (χ1) is 8.51. The number of carboxylic acids is 1. The summed E-state index contributed by atoms with van der Waals surface area (Å²) in [5.74, 6) is -0.124. The first-order valence-electron chi connectivity index (χ1n) is 6.12. The van der Waals surface area contributed by atoms with Gasteiger partial charge in [-0.25, -0.2) is 4.79 Å². The van der Waals surface area contributed by atoms with Crippen molar-refractivity contribution in [2.24, 2.45) is 13.0 Å². The highest BCUT2D eigenvalue weighted by Crippen LogP contribution is 2.19. The van der Waals surface area contributed by atoms with Crippen molar-refractivity contribution in [3.8, 4) is 0 Å². The molecule has 3 N–H and O–H groups in total. The molecule has 18 heavy (non-hydrogen) atoms. The van der Waals surface area contributed by atoms with Crippen molar-refractivity contribution in [3.63, 3.8) is 0 Å². The van der Waals surface area contributed by atoms with E-state index in [9.17, 15) is 4.79 Å². The average Bonchev–Trinajstić information content (AvgIpc) is 2.59. The molecule has 1 heterocycles. The molecule has 1 aromatic rings. The summed E-state index contributed by atoms with van der Waals surface area (Å²) >= 11 is 0. The van der Waals surface area contributed by atoms with Gasteiger partial charge < -0.3 is 15.5 Å². The third-order valence-electron chi connectivity index (χ3n) is 3.11. The zero-order valence-corrected chi connectivity index (χ0v) is 11.1. The number of carboxylic acid groups (broad SMARTS) is 1. The second-order valence-electron chi connectivity index (χ2n) is 4.41. The largest absolute Gasteiger partial charge is 0.477 e. The number of carbonyl (C=O) groups is 1. The maximum atomic E-state index is 11.2. The van der Waals surface area contributed by atoms with Crippen molar-refractivity contribution >= 4 is 11.8 Å². The van der Waals surface area contributed by atoms with Gasteiger partial charge in [0, 0.05) is 20.2 Å². The molecule has 0 bridgehead atoms. The van der Waals surface area contributed by atoms with E-state index in [4.69, 9.17) is 10.2 Å². The number of aryl methyl sites for hydroxylation is 2. The van der Waals surface area contributed by atoms with Crippen LogP contribution in [0.25, 0.3) is 0 Å². The van der Waals surface area contributed by atoms with E-state index < -0.39 is 5.97 Å². The van der Waals surface area contributed by atoms with Gasteiger partial charge in [0.05, 0.1) is 5.69 Å². The van der Waals surface area contributed by atoms with Gasteiger partial charge in [0.2, 0.25) is 0 Å². The zero-order valence-electron chi connectivity index (χ0n) is 11.1. The lowest BCUT2D eigenvalue weighted by Gasteiger charge is -2.15. The first-order valence-corrected chi connectivity index (χ1v) is 6.12. The van der Waals surface area contributed by atoms with Gasteiger partial charge in [-0.15, -0.1) is 0 Å². The molecule has 0 aliphatic rings. The summed E-state index contributed by atoms with van der Waals surface area (Å²) in [7, 11) is 1.72. The number of nitrogens with one attached hydrogen (secondary N) is 1. The highest BCUT2D eigenvalue weighted by molar-refractivity contribution is 5.94. The van der Waals surface area contributed by atoms with Crippen molar-refractivity contribution < 1.29 is 15.0 Å². The van der Waals surface area contributed by atoms with Gasteiger partial charge in [-0.05, 0) is 19.3 Å². The normalized spacial score (nSPS) is 12.4. The van der Waals surface area contributed by atoms with Crippen LogP contribution in [0.15, 0.2) is 0 Å². The summed E-state index contributed by atoms with van der Waals surface area (Å²) in [6.07, 6.45) is 1.65. The SMILES string of the molecule is CCC(CCO)CNc1c(C(=O)O)c(C)nn1C. The number of aromatic carboxylic acids is 1. The van der Waals surface area contributed by atoms with Crippen LogP contribution in [0.1, 0.15) is 35.8 Å². The van der Waals surface area contributed by atoms with E-state index in [1.54, 1.807) is 18.7 Å². The van der Waals surface area contributed by atoms with Crippen molar-refractivity contribution in [3.05, 3.63) is 11.3 Å². The van der Waals surface area contributed by atoms with Crippen LogP contribution in [-0.2, 0) is 7.05 Å². The molecule has 6 nitrogen and oxygen atoms in total. The van der Waals surface area contributed by atoms with Crippen LogP contribution in [0.3, 0.4) is 0 Å². The lowest BCUT2D eigenvalue weighted by molar-refractivity contribution is 0.0697. The van der Waals surface area contributed by atoms with Crippen LogP contribution >= 0.6 is 0 Å². The van der Waals surface area contributed by atoms with Crippen LogP contribution in [0.2, 0.25) is 0 Å². The topological polar surface area (TPSA) is 87.4 Å². The van der Waals surface area contributed by atoms with E-state index in [2.05, 4.69) is 17.3 Å². The lowest BCUT2D eigenvalue weighted by Crippen LogP contribution is -2.18. The molecule has 1 atom stereocenters. The van der Waals surface area contributed by atoms with Gasteiger partial charge in [0.15, 0.2) is 0 Å². The van der Waals surface area contributed by atoms with E-state index >= 15 is 0 Å². The molecule has 1 aromatic heterocycles. The van der Waals surface area contributed by atoms with Crippen LogP contribution in [0, 0.1) is 12.8 Å². The highest BCUT2D eigenvalue weighted by atomic mass is 16.4. The summed E-state index contributed by atoms with van der Waals surface area (Å²) in [5.41, 5.74) is 0.721. The van der Waals surface area contributed by atoms with E-state index in [0.29, 0.717) is 30.4 Å². The van der Waals surface area contributed by atoms with Crippen LogP contribution in [0.4, 0.5) is 5.82 Å². The molecule has 102 valence electrons. The molecule has 0 amide bonds. The molecule has 0 radical (unpaired) electrons. The molecule has 1 rings (SSSR count). The third-order valence-corrected chi connectivity index (χ3v) is 3.11. The monoisotopic (exact) mass is 255 g/mol. The molecule has 0 saturated heterocycles. The van der Waals surface area contributed by atoms with E-state index in [-0.39, 0.29) is 12.2 Å².